The topological polar surface area (TPSA) is 58.6 Å². The summed E-state index contributed by atoms with van der Waals surface area (Å²) in [4.78, 5) is 11.4. The minimum Gasteiger partial charge on any atom is -0.491 e. The molecule has 0 aliphatic carbocycles. The van der Waals surface area contributed by atoms with Gasteiger partial charge in [0.1, 0.15) is 12.4 Å². The Morgan fingerprint density at radius 3 is 2.48 bits per heavy atom. The van der Waals surface area contributed by atoms with Gasteiger partial charge >= 0.3 is 5.97 Å². The lowest BCUT2D eigenvalue weighted by molar-refractivity contribution is 0.0697. The number of nitrogens with one attached hydrogen (secondary N) is 1. The maximum atomic E-state index is 11.4. The smallest absolute Gasteiger partial charge is 0.337 e. The Morgan fingerprint density at radius 2 is 1.87 bits per heavy atom. The second kappa shape index (κ2) is 7.51. The van der Waals surface area contributed by atoms with Gasteiger partial charge in [-0.2, -0.15) is 0 Å². The largest absolute Gasteiger partial charge is 0.491 e. The molecule has 5 heteroatoms. The van der Waals surface area contributed by atoms with Gasteiger partial charge in [-0.05, 0) is 65.5 Å². The number of carboxylic acids is 1. The molecule has 4 nitrogen and oxygen atoms in total. The van der Waals surface area contributed by atoms with E-state index in [-0.39, 0.29) is 5.56 Å². The van der Waals surface area contributed by atoms with Crippen LogP contribution in [0.5, 0.6) is 5.75 Å². The second-order valence-corrected chi connectivity index (χ2v) is 6.32. The van der Waals surface area contributed by atoms with Gasteiger partial charge in [-0.1, -0.05) is 18.2 Å². The molecule has 0 saturated carbocycles. The van der Waals surface area contributed by atoms with Gasteiger partial charge < -0.3 is 15.2 Å². The van der Waals surface area contributed by atoms with Crippen LogP contribution in [0.1, 0.15) is 27.0 Å². The summed E-state index contributed by atoms with van der Waals surface area (Å²) >= 11 is 3.42. The van der Waals surface area contributed by atoms with E-state index in [1.165, 1.54) is 0 Å². The summed E-state index contributed by atoms with van der Waals surface area (Å²) in [7, 11) is 0. The second-order valence-electron chi connectivity index (χ2n) is 5.47. The maximum absolute atomic E-state index is 11.4. The normalized spacial score (nSPS) is 10.4. The Labute approximate surface area is 144 Å². The zero-order chi connectivity index (χ0) is 17.0. The average molecular weight is 378 g/mol. The van der Waals surface area contributed by atoms with E-state index in [2.05, 4.69) is 21.2 Å². The Bertz CT molecular complexity index is 708. The number of anilines is 1. The third-order valence-corrected chi connectivity index (χ3v) is 4.15. The van der Waals surface area contributed by atoms with Crippen molar-refractivity contribution in [2.45, 2.75) is 20.8 Å². The predicted molar refractivity (Wildman–Crippen MR) is 95.7 cm³/mol. The van der Waals surface area contributed by atoms with Crippen molar-refractivity contribution in [3.8, 4) is 5.75 Å². The van der Waals surface area contributed by atoms with Crippen molar-refractivity contribution in [3.05, 3.63) is 57.1 Å². The molecule has 0 aromatic heterocycles. The van der Waals surface area contributed by atoms with Crippen molar-refractivity contribution in [1.82, 2.24) is 0 Å². The maximum Gasteiger partial charge on any atom is 0.337 e. The van der Waals surface area contributed by atoms with Crippen LogP contribution < -0.4 is 10.1 Å². The van der Waals surface area contributed by atoms with E-state index in [1.54, 1.807) is 6.07 Å². The molecule has 0 spiro atoms. The van der Waals surface area contributed by atoms with Crippen molar-refractivity contribution >= 4 is 27.6 Å². The number of halogens is 1. The van der Waals surface area contributed by atoms with Crippen molar-refractivity contribution in [3.63, 3.8) is 0 Å². The van der Waals surface area contributed by atoms with E-state index in [4.69, 9.17) is 4.74 Å². The number of carbonyl (C=O) groups is 1. The van der Waals surface area contributed by atoms with Gasteiger partial charge in [0.05, 0.1) is 11.3 Å². The Morgan fingerprint density at radius 1 is 1.22 bits per heavy atom. The number of ether oxygens (including phenoxy) is 1. The van der Waals surface area contributed by atoms with Gasteiger partial charge in [0.25, 0.3) is 0 Å². The number of benzene rings is 2. The van der Waals surface area contributed by atoms with Crippen LogP contribution in [0.2, 0.25) is 0 Å². The van der Waals surface area contributed by atoms with Crippen LogP contribution in [0, 0.1) is 20.8 Å². The molecule has 0 radical (unpaired) electrons. The molecule has 0 heterocycles. The van der Waals surface area contributed by atoms with Crippen LogP contribution in [0.3, 0.4) is 0 Å². The molecule has 0 amide bonds. The molecule has 0 aliphatic heterocycles. The standard InChI is InChI=1S/C18H20BrNO3/c1-11-9-14(18(21)22)16(15(19)10-11)20-7-8-23-17-12(2)5-4-6-13(17)3/h4-6,9-10,20H,7-8H2,1-3H3,(H,21,22). The zero-order valence-electron chi connectivity index (χ0n) is 13.4. The molecule has 2 N–H and O–H groups in total. The van der Waals surface area contributed by atoms with E-state index in [0.717, 1.165) is 26.9 Å². The Balaban J connectivity index is 2.04. The summed E-state index contributed by atoms with van der Waals surface area (Å²) in [5.74, 6) is -0.0664. The number of hydrogen-bond acceptors (Lipinski definition) is 3. The number of para-hydroxylation sites is 1. The van der Waals surface area contributed by atoms with Crippen LogP contribution in [0.25, 0.3) is 0 Å². The van der Waals surface area contributed by atoms with Crippen LogP contribution in [0.4, 0.5) is 5.69 Å². The highest BCUT2D eigenvalue weighted by Gasteiger charge is 2.14. The average Bonchev–Trinajstić information content (AvgIpc) is 2.47. The SMILES string of the molecule is Cc1cc(Br)c(NCCOc2c(C)cccc2C)c(C(=O)O)c1. The third kappa shape index (κ3) is 4.26. The number of hydrogen-bond donors (Lipinski definition) is 2. The number of carboxylic acid groups (broad SMARTS) is 1. The van der Waals surface area contributed by atoms with Gasteiger partial charge in [-0.3, -0.25) is 0 Å². The molecule has 2 aromatic rings. The van der Waals surface area contributed by atoms with E-state index in [1.807, 2.05) is 45.0 Å². The molecular formula is C18H20BrNO3. The number of rotatable bonds is 6. The first-order valence-corrected chi connectivity index (χ1v) is 8.15. The van der Waals surface area contributed by atoms with Crippen molar-refractivity contribution < 1.29 is 14.6 Å². The van der Waals surface area contributed by atoms with Crippen molar-refractivity contribution in [1.29, 1.82) is 0 Å². The van der Waals surface area contributed by atoms with E-state index >= 15 is 0 Å². The summed E-state index contributed by atoms with van der Waals surface area (Å²) in [5, 5.41) is 12.5. The van der Waals surface area contributed by atoms with E-state index < -0.39 is 5.97 Å². The minimum absolute atomic E-state index is 0.254. The summed E-state index contributed by atoms with van der Waals surface area (Å²) in [5.41, 5.74) is 3.91. The lowest BCUT2D eigenvalue weighted by Crippen LogP contribution is -2.15. The molecule has 23 heavy (non-hydrogen) atoms. The summed E-state index contributed by atoms with van der Waals surface area (Å²) < 4.78 is 6.57. The van der Waals surface area contributed by atoms with Crippen LogP contribution in [0.15, 0.2) is 34.8 Å². The fourth-order valence-electron chi connectivity index (χ4n) is 2.45. The molecule has 122 valence electrons. The first kappa shape index (κ1) is 17.3. The lowest BCUT2D eigenvalue weighted by Gasteiger charge is -2.15. The molecule has 0 fully saturated rings. The minimum atomic E-state index is -0.951. The van der Waals surface area contributed by atoms with E-state index in [9.17, 15) is 9.90 Å². The van der Waals surface area contributed by atoms with Crippen LogP contribution >= 0.6 is 15.9 Å². The van der Waals surface area contributed by atoms with Crippen LogP contribution in [-0.4, -0.2) is 24.2 Å². The van der Waals surface area contributed by atoms with Gasteiger partial charge in [-0.15, -0.1) is 0 Å². The van der Waals surface area contributed by atoms with Gasteiger partial charge in [0.2, 0.25) is 0 Å². The van der Waals surface area contributed by atoms with Gasteiger partial charge in [-0.25, -0.2) is 4.79 Å². The van der Waals surface area contributed by atoms with Crippen molar-refractivity contribution in [2.24, 2.45) is 0 Å². The molecular weight excluding hydrogens is 358 g/mol. The fraction of sp³-hybridized carbons (Fsp3) is 0.278. The predicted octanol–water partition coefficient (Wildman–Crippen LogP) is 4.56. The molecule has 0 atom stereocenters. The summed E-state index contributed by atoms with van der Waals surface area (Å²) in [6.45, 7) is 6.84. The molecule has 2 rings (SSSR count). The molecule has 0 saturated heterocycles. The molecule has 0 bridgehead atoms. The van der Waals surface area contributed by atoms with Crippen LogP contribution in [-0.2, 0) is 0 Å². The highest BCUT2D eigenvalue weighted by atomic mass is 79.9. The number of aryl methyl sites for hydroxylation is 3. The lowest BCUT2D eigenvalue weighted by atomic mass is 10.1. The molecule has 0 aliphatic rings. The highest BCUT2D eigenvalue weighted by Crippen LogP contribution is 2.28. The monoisotopic (exact) mass is 377 g/mol. The Kier molecular flexibility index (Phi) is 5.66. The molecule has 0 unspecified atom stereocenters. The van der Waals surface area contributed by atoms with Gasteiger partial charge in [0.15, 0.2) is 0 Å². The van der Waals surface area contributed by atoms with Gasteiger partial charge in [0, 0.05) is 11.0 Å². The Hall–Kier alpha value is -2.01. The summed E-state index contributed by atoms with van der Waals surface area (Å²) in [6.07, 6.45) is 0. The first-order chi connectivity index (χ1) is 10.9. The third-order valence-electron chi connectivity index (χ3n) is 3.52. The first-order valence-electron chi connectivity index (χ1n) is 7.36. The van der Waals surface area contributed by atoms with Crippen molar-refractivity contribution in [2.75, 3.05) is 18.5 Å². The summed E-state index contributed by atoms with van der Waals surface area (Å²) in [6, 6.07) is 9.56. The zero-order valence-corrected chi connectivity index (χ0v) is 15.0. The van der Waals surface area contributed by atoms with E-state index in [0.29, 0.717) is 18.8 Å². The highest BCUT2D eigenvalue weighted by molar-refractivity contribution is 9.10. The molecule has 2 aromatic carbocycles. The quantitative estimate of drug-likeness (QED) is 0.724. The number of aromatic carboxylic acids is 1. The fourth-order valence-corrected chi connectivity index (χ4v) is 3.16.